The molecule has 0 aromatic carbocycles. The molecule has 0 aliphatic carbocycles. The van der Waals surface area contributed by atoms with E-state index in [0.717, 1.165) is 0 Å². The van der Waals surface area contributed by atoms with E-state index in [2.05, 4.69) is 0 Å². The molecule has 0 N–H and O–H groups in total. The molecule has 2 atom stereocenters. The molecule has 4 heteroatoms. The molecule has 0 saturated carbocycles. The van der Waals surface area contributed by atoms with Crippen LogP contribution in [-0.2, 0) is 4.74 Å². The summed E-state index contributed by atoms with van der Waals surface area (Å²) in [6.07, 6.45) is -3.48. The number of alkyl halides is 3. The number of halogens is 3. The lowest BCUT2D eigenvalue weighted by Crippen LogP contribution is -2.43. The van der Waals surface area contributed by atoms with Gasteiger partial charge in [0.05, 0.1) is 18.1 Å². The van der Waals surface area contributed by atoms with Crippen molar-refractivity contribution in [2.45, 2.75) is 39.0 Å². The van der Waals surface area contributed by atoms with Crippen molar-refractivity contribution in [3.63, 3.8) is 0 Å². The monoisotopic (exact) mass is 182 g/mol. The van der Waals surface area contributed by atoms with E-state index in [9.17, 15) is 13.2 Å². The van der Waals surface area contributed by atoms with Gasteiger partial charge in [0.15, 0.2) is 0 Å². The van der Waals surface area contributed by atoms with Crippen LogP contribution < -0.4 is 0 Å². The number of hydrogen-bond acceptors (Lipinski definition) is 1. The minimum Gasteiger partial charge on any atom is -0.378 e. The van der Waals surface area contributed by atoms with E-state index in [4.69, 9.17) is 4.74 Å². The molecule has 1 fully saturated rings. The van der Waals surface area contributed by atoms with Gasteiger partial charge in [-0.1, -0.05) is 0 Å². The zero-order valence-corrected chi connectivity index (χ0v) is 7.24. The molecule has 1 aliphatic rings. The quantitative estimate of drug-likeness (QED) is 0.559. The lowest BCUT2D eigenvalue weighted by molar-refractivity contribution is -0.253. The first kappa shape index (κ1) is 9.84. The van der Waals surface area contributed by atoms with Crippen LogP contribution in [0.2, 0.25) is 0 Å². The van der Waals surface area contributed by atoms with Gasteiger partial charge in [-0.15, -0.1) is 0 Å². The standard InChI is InChI=1S/C8H13F3O/c1-6-3-4-7(2,5-12-6)8(9,10)11/h6H,3-5H2,1-2H3/t6-,7-/m1/s1. The summed E-state index contributed by atoms with van der Waals surface area (Å²) >= 11 is 0. The van der Waals surface area contributed by atoms with Crippen LogP contribution in [0.5, 0.6) is 0 Å². The van der Waals surface area contributed by atoms with Crippen LogP contribution >= 0.6 is 0 Å². The summed E-state index contributed by atoms with van der Waals surface area (Å²) in [5, 5.41) is 0. The lowest BCUT2D eigenvalue weighted by atomic mass is 9.82. The highest BCUT2D eigenvalue weighted by Crippen LogP contribution is 2.44. The summed E-state index contributed by atoms with van der Waals surface area (Å²) in [7, 11) is 0. The highest BCUT2D eigenvalue weighted by Gasteiger charge is 2.52. The number of hydrogen-bond donors (Lipinski definition) is 0. The second-order valence-electron chi connectivity index (χ2n) is 3.72. The first-order valence-electron chi connectivity index (χ1n) is 4.03. The summed E-state index contributed by atoms with van der Waals surface area (Å²) in [5.41, 5.74) is -1.63. The maximum Gasteiger partial charge on any atom is 0.396 e. The van der Waals surface area contributed by atoms with Crippen molar-refractivity contribution in [3.05, 3.63) is 0 Å². The van der Waals surface area contributed by atoms with Gasteiger partial charge in [0.1, 0.15) is 0 Å². The Hall–Kier alpha value is -0.250. The van der Waals surface area contributed by atoms with Gasteiger partial charge in [-0.2, -0.15) is 13.2 Å². The van der Waals surface area contributed by atoms with Crippen molar-refractivity contribution in [2.75, 3.05) is 6.61 Å². The number of rotatable bonds is 0. The predicted octanol–water partition coefficient (Wildman–Crippen LogP) is 2.75. The van der Waals surface area contributed by atoms with Gasteiger partial charge in [0.25, 0.3) is 0 Å². The Bertz CT molecular complexity index is 156. The molecule has 1 rings (SSSR count). The Kier molecular flexibility index (Phi) is 2.38. The molecule has 0 aromatic rings. The van der Waals surface area contributed by atoms with E-state index in [1.807, 2.05) is 0 Å². The zero-order valence-electron chi connectivity index (χ0n) is 7.24. The molecule has 0 bridgehead atoms. The number of ether oxygens (including phenoxy) is 1. The van der Waals surface area contributed by atoms with E-state index in [0.29, 0.717) is 6.42 Å². The molecule has 1 nitrogen and oxygen atoms in total. The Labute approximate surface area is 69.9 Å². The average molecular weight is 182 g/mol. The molecule has 0 aromatic heterocycles. The van der Waals surface area contributed by atoms with Crippen LogP contribution in [0.1, 0.15) is 26.7 Å². The van der Waals surface area contributed by atoms with Crippen LogP contribution in [0.3, 0.4) is 0 Å². The third-order valence-electron chi connectivity index (χ3n) is 2.47. The average Bonchev–Trinajstić information content (AvgIpc) is 1.93. The van der Waals surface area contributed by atoms with E-state index in [1.165, 1.54) is 6.92 Å². The van der Waals surface area contributed by atoms with Crippen LogP contribution in [0.15, 0.2) is 0 Å². The molecular weight excluding hydrogens is 169 g/mol. The SMILES string of the molecule is C[C@@H]1CC[C@@](C)(C(F)(F)F)CO1. The first-order valence-corrected chi connectivity index (χ1v) is 4.03. The fraction of sp³-hybridized carbons (Fsp3) is 1.00. The highest BCUT2D eigenvalue weighted by atomic mass is 19.4. The molecule has 0 unspecified atom stereocenters. The fourth-order valence-corrected chi connectivity index (χ4v) is 1.23. The molecule has 0 amide bonds. The summed E-state index contributed by atoms with van der Waals surface area (Å²) in [5.74, 6) is 0. The van der Waals surface area contributed by atoms with Gasteiger partial charge in [-0.25, -0.2) is 0 Å². The van der Waals surface area contributed by atoms with Crippen LogP contribution in [0.25, 0.3) is 0 Å². The van der Waals surface area contributed by atoms with Gasteiger partial charge in [-0.05, 0) is 26.7 Å². The Morgan fingerprint density at radius 1 is 1.42 bits per heavy atom. The van der Waals surface area contributed by atoms with Crippen molar-refractivity contribution in [1.29, 1.82) is 0 Å². The molecular formula is C8H13F3O. The van der Waals surface area contributed by atoms with Crippen molar-refractivity contribution in [2.24, 2.45) is 5.41 Å². The second kappa shape index (κ2) is 2.91. The fourth-order valence-electron chi connectivity index (χ4n) is 1.23. The van der Waals surface area contributed by atoms with Gasteiger partial charge < -0.3 is 4.74 Å². The topological polar surface area (TPSA) is 9.23 Å². The molecule has 1 saturated heterocycles. The van der Waals surface area contributed by atoms with Gasteiger partial charge >= 0.3 is 6.18 Å². The smallest absolute Gasteiger partial charge is 0.378 e. The molecule has 1 aliphatic heterocycles. The lowest BCUT2D eigenvalue weighted by Gasteiger charge is -2.37. The third kappa shape index (κ3) is 1.73. The van der Waals surface area contributed by atoms with Crippen molar-refractivity contribution in [3.8, 4) is 0 Å². The minimum absolute atomic E-state index is 0.0274. The van der Waals surface area contributed by atoms with Gasteiger partial charge in [-0.3, -0.25) is 0 Å². The van der Waals surface area contributed by atoms with Crippen molar-refractivity contribution >= 4 is 0 Å². The van der Waals surface area contributed by atoms with Crippen molar-refractivity contribution < 1.29 is 17.9 Å². The van der Waals surface area contributed by atoms with Gasteiger partial charge in [0, 0.05) is 0 Å². The Balaban J connectivity index is 2.62. The van der Waals surface area contributed by atoms with E-state index < -0.39 is 11.6 Å². The molecule has 72 valence electrons. The first-order chi connectivity index (χ1) is 5.35. The molecule has 0 spiro atoms. The van der Waals surface area contributed by atoms with E-state index in [-0.39, 0.29) is 19.1 Å². The largest absolute Gasteiger partial charge is 0.396 e. The highest BCUT2D eigenvalue weighted by molar-refractivity contribution is 4.85. The van der Waals surface area contributed by atoms with E-state index in [1.54, 1.807) is 6.92 Å². The Morgan fingerprint density at radius 3 is 2.33 bits per heavy atom. The van der Waals surface area contributed by atoms with Crippen LogP contribution in [0.4, 0.5) is 13.2 Å². The van der Waals surface area contributed by atoms with E-state index >= 15 is 0 Å². The zero-order chi connectivity index (χ0) is 9.41. The summed E-state index contributed by atoms with van der Waals surface area (Å²) in [6, 6.07) is 0. The summed E-state index contributed by atoms with van der Waals surface area (Å²) in [6.45, 7) is 2.83. The maximum atomic E-state index is 12.4. The Morgan fingerprint density at radius 2 is 2.00 bits per heavy atom. The van der Waals surface area contributed by atoms with Crippen LogP contribution in [0, 0.1) is 5.41 Å². The molecule has 1 heterocycles. The third-order valence-corrected chi connectivity index (χ3v) is 2.47. The normalized spacial score (nSPS) is 38.2. The van der Waals surface area contributed by atoms with Crippen LogP contribution in [-0.4, -0.2) is 18.9 Å². The predicted molar refractivity (Wildman–Crippen MR) is 38.8 cm³/mol. The summed E-state index contributed by atoms with van der Waals surface area (Å²) < 4.78 is 42.1. The van der Waals surface area contributed by atoms with Gasteiger partial charge in [0.2, 0.25) is 0 Å². The maximum absolute atomic E-state index is 12.4. The molecule has 12 heavy (non-hydrogen) atoms. The molecule has 0 radical (unpaired) electrons. The summed E-state index contributed by atoms with van der Waals surface area (Å²) in [4.78, 5) is 0. The second-order valence-corrected chi connectivity index (χ2v) is 3.72. The minimum atomic E-state index is -4.13. The van der Waals surface area contributed by atoms with Crippen molar-refractivity contribution in [1.82, 2.24) is 0 Å².